The fourth-order valence-corrected chi connectivity index (χ4v) is 3.21. The standard InChI is InChI=1S/C21H14O2/c1-3-7-17-15(5-1)9-10-20-18(17)12-14-21(23-20)13-11-16-6-2-4-8-19(16)22-21/h1-14H. The molecule has 5 rings (SSSR count). The summed E-state index contributed by atoms with van der Waals surface area (Å²) in [7, 11) is 0. The molecule has 3 aromatic rings. The smallest absolute Gasteiger partial charge is 0.291 e. The van der Waals surface area contributed by atoms with Crippen LogP contribution in [-0.2, 0) is 0 Å². The summed E-state index contributed by atoms with van der Waals surface area (Å²) in [6.07, 6.45) is 8.09. The van der Waals surface area contributed by atoms with Crippen molar-refractivity contribution in [1.29, 1.82) is 0 Å². The minimum atomic E-state index is -0.857. The van der Waals surface area contributed by atoms with Gasteiger partial charge < -0.3 is 9.47 Å². The Morgan fingerprint density at radius 2 is 1.43 bits per heavy atom. The highest BCUT2D eigenvalue weighted by molar-refractivity contribution is 5.93. The van der Waals surface area contributed by atoms with Crippen molar-refractivity contribution in [1.82, 2.24) is 0 Å². The number of benzene rings is 3. The molecule has 23 heavy (non-hydrogen) atoms. The van der Waals surface area contributed by atoms with Gasteiger partial charge in [-0.25, -0.2) is 0 Å². The normalized spacial score (nSPS) is 20.7. The second kappa shape index (κ2) is 4.50. The summed E-state index contributed by atoms with van der Waals surface area (Å²) in [5.41, 5.74) is 2.17. The van der Waals surface area contributed by atoms with Crippen molar-refractivity contribution >= 4 is 22.9 Å². The van der Waals surface area contributed by atoms with Gasteiger partial charge in [0.2, 0.25) is 0 Å². The lowest BCUT2D eigenvalue weighted by Gasteiger charge is -2.35. The molecule has 2 aliphatic rings. The molecule has 0 amide bonds. The molecule has 3 aromatic carbocycles. The van der Waals surface area contributed by atoms with Crippen molar-refractivity contribution in [3.05, 3.63) is 83.9 Å². The van der Waals surface area contributed by atoms with Crippen LogP contribution in [0.25, 0.3) is 22.9 Å². The summed E-state index contributed by atoms with van der Waals surface area (Å²) in [5.74, 6) is 0.822. The van der Waals surface area contributed by atoms with E-state index < -0.39 is 5.79 Å². The van der Waals surface area contributed by atoms with Crippen molar-refractivity contribution in [2.75, 3.05) is 0 Å². The van der Waals surface area contributed by atoms with E-state index in [-0.39, 0.29) is 0 Å². The van der Waals surface area contributed by atoms with Crippen LogP contribution < -0.4 is 9.47 Å². The highest BCUT2D eigenvalue weighted by Gasteiger charge is 2.35. The molecule has 110 valence electrons. The number of hydrogen-bond donors (Lipinski definition) is 0. The molecule has 0 aromatic heterocycles. The zero-order valence-corrected chi connectivity index (χ0v) is 12.4. The van der Waals surface area contributed by atoms with E-state index in [1.54, 1.807) is 0 Å². The van der Waals surface area contributed by atoms with E-state index in [1.807, 2.05) is 54.6 Å². The van der Waals surface area contributed by atoms with Crippen LogP contribution in [0.1, 0.15) is 11.1 Å². The van der Waals surface area contributed by atoms with Crippen molar-refractivity contribution in [3.63, 3.8) is 0 Å². The molecule has 2 heterocycles. The molecule has 1 unspecified atom stereocenters. The third-order valence-electron chi connectivity index (χ3n) is 4.37. The number of fused-ring (bicyclic) bond motifs is 4. The third-order valence-corrected chi connectivity index (χ3v) is 4.37. The molecule has 1 spiro atoms. The molecule has 1 atom stereocenters. The highest BCUT2D eigenvalue weighted by Crippen LogP contribution is 2.40. The minimum Gasteiger partial charge on any atom is -0.445 e. The van der Waals surface area contributed by atoms with Gasteiger partial charge in [-0.2, -0.15) is 0 Å². The zero-order chi connectivity index (χ0) is 15.3. The van der Waals surface area contributed by atoms with Crippen LogP contribution in [0.2, 0.25) is 0 Å². The predicted molar refractivity (Wildman–Crippen MR) is 92.4 cm³/mol. The maximum absolute atomic E-state index is 6.23. The van der Waals surface area contributed by atoms with Crippen molar-refractivity contribution in [3.8, 4) is 11.5 Å². The first kappa shape index (κ1) is 12.5. The van der Waals surface area contributed by atoms with Crippen LogP contribution in [0, 0.1) is 0 Å². The second-order valence-corrected chi connectivity index (χ2v) is 5.83. The van der Waals surface area contributed by atoms with E-state index in [0.717, 1.165) is 22.6 Å². The molecule has 0 fully saturated rings. The van der Waals surface area contributed by atoms with Crippen LogP contribution in [-0.4, -0.2) is 5.79 Å². The van der Waals surface area contributed by atoms with E-state index in [9.17, 15) is 0 Å². The van der Waals surface area contributed by atoms with Gasteiger partial charge in [0.15, 0.2) is 0 Å². The minimum absolute atomic E-state index is 0.837. The largest absolute Gasteiger partial charge is 0.445 e. The Morgan fingerprint density at radius 3 is 2.43 bits per heavy atom. The predicted octanol–water partition coefficient (Wildman–Crippen LogP) is 5.05. The SMILES string of the molecule is C1=CC2(C=Cc3c(ccc4ccccc34)O2)Oc2ccccc21. The summed E-state index contributed by atoms with van der Waals surface area (Å²) in [5, 5.41) is 2.40. The van der Waals surface area contributed by atoms with E-state index in [4.69, 9.17) is 9.47 Å². The Balaban J connectivity index is 1.62. The summed E-state index contributed by atoms with van der Waals surface area (Å²) in [6, 6.07) is 20.4. The first-order valence-corrected chi connectivity index (χ1v) is 7.70. The number of hydrogen-bond acceptors (Lipinski definition) is 2. The summed E-state index contributed by atoms with van der Waals surface area (Å²) in [6.45, 7) is 0. The van der Waals surface area contributed by atoms with Crippen molar-refractivity contribution in [2.45, 2.75) is 5.79 Å². The Kier molecular flexibility index (Phi) is 2.45. The van der Waals surface area contributed by atoms with Crippen LogP contribution >= 0.6 is 0 Å². The lowest BCUT2D eigenvalue weighted by atomic mass is 9.98. The monoisotopic (exact) mass is 298 g/mol. The van der Waals surface area contributed by atoms with Gasteiger partial charge in [-0.05, 0) is 35.1 Å². The molecule has 0 radical (unpaired) electrons. The fourth-order valence-electron chi connectivity index (χ4n) is 3.21. The van der Waals surface area contributed by atoms with E-state index >= 15 is 0 Å². The molecule has 2 heteroatoms. The summed E-state index contributed by atoms with van der Waals surface area (Å²) >= 11 is 0. The first-order chi connectivity index (χ1) is 11.3. The molecular weight excluding hydrogens is 284 g/mol. The maximum atomic E-state index is 6.23. The number of para-hydroxylation sites is 1. The van der Waals surface area contributed by atoms with Gasteiger partial charge >= 0.3 is 0 Å². The Labute approximate surface area is 134 Å². The van der Waals surface area contributed by atoms with Crippen molar-refractivity contribution < 1.29 is 9.47 Å². The second-order valence-electron chi connectivity index (χ2n) is 5.83. The average molecular weight is 298 g/mol. The Hall–Kier alpha value is -3.00. The Morgan fingerprint density at radius 1 is 0.652 bits per heavy atom. The summed E-state index contributed by atoms with van der Waals surface area (Å²) < 4.78 is 12.4. The topological polar surface area (TPSA) is 18.5 Å². The van der Waals surface area contributed by atoms with Gasteiger partial charge in [-0.3, -0.25) is 0 Å². The van der Waals surface area contributed by atoms with E-state index in [2.05, 4.69) is 30.4 Å². The zero-order valence-electron chi connectivity index (χ0n) is 12.4. The molecule has 0 N–H and O–H groups in total. The van der Waals surface area contributed by atoms with Gasteiger partial charge in [-0.1, -0.05) is 48.5 Å². The van der Waals surface area contributed by atoms with Gasteiger partial charge in [0.25, 0.3) is 5.79 Å². The third kappa shape index (κ3) is 1.88. The Bertz CT molecular complexity index is 984. The maximum Gasteiger partial charge on any atom is 0.291 e. The van der Waals surface area contributed by atoms with Gasteiger partial charge in [0.1, 0.15) is 11.5 Å². The van der Waals surface area contributed by atoms with E-state index in [1.165, 1.54) is 10.8 Å². The van der Waals surface area contributed by atoms with E-state index in [0.29, 0.717) is 0 Å². The fraction of sp³-hybridized carbons (Fsp3) is 0.0476. The van der Waals surface area contributed by atoms with Crippen LogP contribution in [0.15, 0.2) is 72.8 Å². The van der Waals surface area contributed by atoms with Crippen LogP contribution in [0.3, 0.4) is 0 Å². The number of ether oxygens (including phenoxy) is 2. The molecular formula is C21H14O2. The quantitative estimate of drug-likeness (QED) is 0.578. The molecule has 2 nitrogen and oxygen atoms in total. The van der Waals surface area contributed by atoms with Crippen LogP contribution in [0.5, 0.6) is 11.5 Å². The lowest BCUT2D eigenvalue weighted by Crippen LogP contribution is -2.41. The van der Waals surface area contributed by atoms with Crippen LogP contribution in [0.4, 0.5) is 0 Å². The highest BCUT2D eigenvalue weighted by atomic mass is 16.7. The molecule has 2 aliphatic heterocycles. The van der Waals surface area contributed by atoms with Gasteiger partial charge in [0.05, 0.1) is 0 Å². The van der Waals surface area contributed by atoms with Crippen molar-refractivity contribution in [2.24, 2.45) is 0 Å². The van der Waals surface area contributed by atoms with Gasteiger partial charge in [-0.15, -0.1) is 0 Å². The first-order valence-electron chi connectivity index (χ1n) is 7.70. The molecule has 0 aliphatic carbocycles. The van der Waals surface area contributed by atoms with Gasteiger partial charge in [0, 0.05) is 23.3 Å². The molecule has 0 bridgehead atoms. The summed E-state index contributed by atoms with van der Waals surface area (Å²) in [4.78, 5) is 0. The number of rotatable bonds is 0. The molecule has 0 saturated carbocycles. The average Bonchev–Trinajstić information content (AvgIpc) is 2.61. The lowest BCUT2D eigenvalue weighted by molar-refractivity contribution is -0.0306. The molecule has 0 saturated heterocycles.